The van der Waals surface area contributed by atoms with Gasteiger partial charge in [0.1, 0.15) is 0 Å². The molecule has 0 amide bonds. The second-order valence-electron chi connectivity index (χ2n) is 3.55. The first kappa shape index (κ1) is 11.1. The number of hydrogen-bond acceptors (Lipinski definition) is 5. The molecule has 17 heavy (non-hydrogen) atoms. The number of benzene rings is 1. The van der Waals surface area contributed by atoms with Crippen molar-refractivity contribution in [3.05, 3.63) is 40.5 Å². The van der Waals surface area contributed by atoms with Crippen LogP contribution in [-0.4, -0.2) is 15.1 Å². The highest BCUT2D eigenvalue weighted by molar-refractivity contribution is 5.94. The van der Waals surface area contributed by atoms with Gasteiger partial charge in [0.2, 0.25) is 0 Å². The van der Waals surface area contributed by atoms with Crippen LogP contribution >= 0.6 is 0 Å². The van der Waals surface area contributed by atoms with E-state index < -0.39 is 11.0 Å². The zero-order valence-corrected chi connectivity index (χ0v) is 8.88. The Balaban J connectivity index is 2.87. The molecule has 0 radical (unpaired) electrons. The van der Waals surface area contributed by atoms with Crippen LogP contribution in [0.5, 0.6) is 0 Å². The summed E-state index contributed by atoms with van der Waals surface area (Å²) in [6.07, 6.45) is 1.42. The summed E-state index contributed by atoms with van der Waals surface area (Å²) in [6.45, 7) is 3.54. The summed E-state index contributed by atoms with van der Waals surface area (Å²) in [6, 6.07) is 2.26. The second-order valence-corrected chi connectivity index (χ2v) is 3.55. The van der Waals surface area contributed by atoms with Gasteiger partial charge in [-0.2, -0.15) is 5.10 Å². The van der Waals surface area contributed by atoms with Crippen LogP contribution in [0.25, 0.3) is 10.9 Å². The SMILES string of the molecule is C=CC(N)c1c([N+](=O)[O-])ccc2[nH]nc(N)c12. The third kappa shape index (κ3) is 1.62. The smallest absolute Gasteiger partial charge is 0.275 e. The summed E-state index contributed by atoms with van der Waals surface area (Å²) >= 11 is 0. The van der Waals surface area contributed by atoms with Crippen molar-refractivity contribution in [2.24, 2.45) is 5.73 Å². The molecule has 0 aliphatic carbocycles. The molecule has 0 saturated heterocycles. The molecule has 0 aliphatic heterocycles. The molecule has 1 aromatic carbocycles. The minimum atomic E-state index is -0.668. The Bertz CT molecular complexity index is 604. The predicted molar refractivity (Wildman–Crippen MR) is 64.3 cm³/mol. The topological polar surface area (TPSA) is 124 Å². The Morgan fingerprint density at radius 2 is 2.29 bits per heavy atom. The zero-order valence-electron chi connectivity index (χ0n) is 8.88. The highest BCUT2D eigenvalue weighted by atomic mass is 16.6. The Morgan fingerprint density at radius 3 is 2.88 bits per heavy atom. The number of nitro groups is 1. The number of nitrogens with zero attached hydrogens (tertiary/aromatic N) is 2. The number of nitrogens with one attached hydrogen (secondary N) is 1. The van der Waals surface area contributed by atoms with Crippen LogP contribution in [-0.2, 0) is 0 Å². The average Bonchev–Trinajstić information content (AvgIpc) is 2.69. The monoisotopic (exact) mass is 233 g/mol. The molecular formula is C10H11N5O2. The molecule has 2 rings (SSSR count). The van der Waals surface area contributed by atoms with Gasteiger partial charge in [-0.15, -0.1) is 6.58 Å². The highest BCUT2D eigenvalue weighted by Crippen LogP contribution is 2.34. The molecule has 1 atom stereocenters. The van der Waals surface area contributed by atoms with Crippen LogP contribution in [0.4, 0.5) is 11.5 Å². The van der Waals surface area contributed by atoms with Gasteiger partial charge in [-0.1, -0.05) is 6.08 Å². The molecule has 1 aromatic heterocycles. The van der Waals surface area contributed by atoms with Crippen molar-refractivity contribution in [3.63, 3.8) is 0 Å². The third-order valence-electron chi connectivity index (χ3n) is 2.56. The van der Waals surface area contributed by atoms with Crippen LogP contribution in [0.3, 0.4) is 0 Å². The quantitative estimate of drug-likeness (QED) is 0.418. The molecule has 0 aliphatic rings. The Labute approximate surface area is 96.2 Å². The number of H-pyrrole nitrogens is 1. The minimum absolute atomic E-state index is 0.0852. The molecule has 0 fully saturated rings. The van der Waals surface area contributed by atoms with Gasteiger partial charge < -0.3 is 11.5 Å². The largest absolute Gasteiger partial charge is 0.382 e. The predicted octanol–water partition coefficient (Wildman–Crippen LogP) is 1.24. The van der Waals surface area contributed by atoms with Gasteiger partial charge in [-0.05, 0) is 6.07 Å². The number of rotatable bonds is 3. The van der Waals surface area contributed by atoms with Crippen LogP contribution in [0.1, 0.15) is 11.6 Å². The van der Waals surface area contributed by atoms with Crippen LogP contribution in [0.15, 0.2) is 24.8 Å². The first-order valence-corrected chi connectivity index (χ1v) is 4.85. The average molecular weight is 233 g/mol. The van der Waals surface area contributed by atoms with E-state index in [1.54, 1.807) is 6.07 Å². The number of fused-ring (bicyclic) bond motifs is 1. The summed E-state index contributed by atoms with van der Waals surface area (Å²) in [7, 11) is 0. The summed E-state index contributed by atoms with van der Waals surface area (Å²) < 4.78 is 0. The lowest BCUT2D eigenvalue weighted by molar-refractivity contribution is -0.385. The minimum Gasteiger partial charge on any atom is -0.382 e. The van der Waals surface area contributed by atoms with E-state index in [1.165, 1.54) is 12.1 Å². The lowest BCUT2D eigenvalue weighted by atomic mass is 10.0. The number of hydrogen-bond donors (Lipinski definition) is 3. The Hall–Kier alpha value is -2.41. The number of aromatic amines is 1. The van der Waals surface area contributed by atoms with Gasteiger partial charge in [0.25, 0.3) is 5.69 Å². The molecule has 1 unspecified atom stereocenters. The molecule has 0 saturated carbocycles. The molecule has 0 spiro atoms. The van der Waals surface area contributed by atoms with Crippen LogP contribution in [0.2, 0.25) is 0 Å². The van der Waals surface area contributed by atoms with Crippen molar-refractivity contribution in [1.82, 2.24) is 10.2 Å². The van der Waals surface area contributed by atoms with Crippen molar-refractivity contribution in [3.8, 4) is 0 Å². The fourth-order valence-corrected chi connectivity index (χ4v) is 1.77. The zero-order chi connectivity index (χ0) is 12.6. The van der Waals surface area contributed by atoms with E-state index in [9.17, 15) is 10.1 Å². The lowest BCUT2D eigenvalue weighted by Gasteiger charge is -2.09. The summed E-state index contributed by atoms with van der Waals surface area (Å²) in [5.41, 5.74) is 12.3. The van der Waals surface area contributed by atoms with Crippen molar-refractivity contribution < 1.29 is 4.92 Å². The van der Waals surface area contributed by atoms with Gasteiger partial charge >= 0.3 is 0 Å². The van der Waals surface area contributed by atoms with Crippen molar-refractivity contribution >= 4 is 22.4 Å². The fourth-order valence-electron chi connectivity index (χ4n) is 1.77. The maximum atomic E-state index is 11.0. The molecule has 5 N–H and O–H groups in total. The first-order chi connectivity index (χ1) is 8.06. The highest BCUT2D eigenvalue weighted by Gasteiger charge is 2.23. The molecule has 0 bridgehead atoms. The summed E-state index contributed by atoms with van der Waals surface area (Å²) in [5, 5.41) is 17.9. The van der Waals surface area contributed by atoms with E-state index in [-0.39, 0.29) is 11.5 Å². The van der Waals surface area contributed by atoms with E-state index >= 15 is 0 Å². The number of nitro benzene ring substituents is 1. The van der Waals surface area contributed by atoms with E-state index in [4.69, 9.17) is 11.5 Å². The second kappa shape index (κ2) is 3.87. The molecule has 2 aromatic rings. The summed E-state index contributed by atoms with van der Waals surface area (Å²) in [4.78, 5) is 10.5. The maximum Gasteiger partial charge on any atom is 0.275 e. The van der Waals surface area contributed by atoms with Gasteiger partial charge in [0, 0.05) is 6.07 Å². The normalized spacial score (nSPS) is 12.5. The molecule has 7 nitrogen and oxygen atoms in total. The summed E-state index contributed by atoms with van der Waals surface area (Å²) in [5.74, 6) is 0.191. The van der Waals surface area contributed by atoms with E-state index in [1.807, 2.05) is 0 Å². The van der Waals surface area contributed by atoms with Gasteiger partial charge in [-0.3, -0.25) is 15.2 Å². The van der Waals surface area contributed by atoms with Gasteiger partial charge in [-0.25, -0.2) is 0 Å². The molecule has 1 heterocycles. The standard InChI is InChI=1S/C10H11N5O2/c1-2-5(11)8-7(15(16)17)4-3-6-9(8)10(12)14-13-6/h2-5H,1,11H2,(H3,12,13,14). The lowest BCUT2D eigenvalue weighted by Crippen LogP contribution is -2.10. The van der Waals surface area contributed by atoms with Crippen LogP contribution < -0.4 is 11.5 Å². The van der Waals surface area contributed by atoms with Crippen molar-refractivity contribution in [2.75, 3.05) is 5.73 Å². The van der Waals surface area contributed by atoms with Crippen molar-refractivity contribution in [1.29, 1.82) is 0 Å². The molecule has 88 valence electrons. The van der Waals surface area contributed by atoms with Gasteiger partial charge in [0.15, 0.2) is 5.82 Å². The molecular weight excluding hydrogens is 222 g/mol. The third-order valence-corrected chi connectivity index (χ3v) is 2.56. The van der Waals surface area contributed by atoms with Crippen LogP contribution in [0, 0.1) is 10.1 Å². The Kier molecular flexibility index (Phi) is 2.52. The van der Waals surface area contributed by atoms with E-state index in [0.717, 1.165) is 0 Å². The number of nitrogen functional groups attached to an aromatic ring is 1. The molecule has 7 heteroatoms. The number of nitrogens with two attached hydrogens (primary N) is 2. The maximum absolute atomic E-state index is 11.0. The number of anilines is 1. The first-order valence-electron chi connectivity index (χ1n) is 4.85. The number of aromatic nitrogens is 2. The fraction of sp³-hybridized carbons (Fsp3) is 0.100. The van der Waals surface area contributed by atoms with Crippen molar-refractivity contribution in [2.45, 2.75) is 6.04 Å². The van der Waals surface area contributed by atoms with E-state index in [2.05, 4.69) is 16.8 Å². The Morgan fingerprint density at radius 1 is 1.59 bits per heavy atom. The van der Waals surface area contributed by atoms with Gasteiger partial charge in [0.05, 0.1) is 27.4 Å². The van der Waals surface area contributed by atoms with E-state index in [0.29, 0.717) is 16.5 Å².